The van der Waals surface area contributed by atoms with E-state index in [-0.39, 0.29) is 12.3 Å². The highest BCUT2D eigenvalue weighted by Crippen LogP contribution is 2.40. The van der Waals surface area contributed by atoms with Crippen LogP contribution in [0.2, 0.25) is 0 Å². The molecule has 0 spiro atoms. The summed E-state index contributed by atoms with van der Waals surface area (Å²) in [7, 11) is 0. The van der Waals surface area contributed by atoms with Crippen molar-refractivity contribution >= 4 is 28.5 Å². The fraction of sp³-hybridized carbons (Fsp3) is 0.553. The second-order valence-corrected chi connectivity index (χ2v) is 13.1. The lowest BCUT2D eigenvalue weighted by Crippen LogP contribution is -2.67. The van der Waals surface area contributed by atoms with Gasteiger partial charge >= 0.3 is 0 Å². The number of ketones is 1. The number of nitrogens with zero attached hydrogens (tertiary/aromatic N) is 3. The van der Waals surface area contributed by atoms with Gasteiger partial charge in [0.2, 0.25) is 17.6 Å². The number of imide groups is 1. The van der Waals surface area contributed by atoms with Crippen molar-refractivity contribution in [2.24, 2.45) is 5.73 Å². The molecular weight excluding hydrogens is 622 g/mol. The van der Waals surface area contributed by atoms with Crippen LogP contribution in [0.4, 0.5) is 0 Å². The Balaban J connectivity index is 1.56. The molecule has 3 N–H and O–H groups in total. The van der Waals surface area contributed by atoms with E-state index in [1.807, 2.05) is 49.9 Å². The molecule has 2 unspecified atom stereocenters. The summed E-state index contributed by atoms with van der Waals surface area (Å²) in [6.07, 6.45) is 7.10. The van der Waals surface area contributed by atoms with E-state index in [9.17, 15) is 9.59 Å². The molecule has 2 saturated heterocycles. The summed E-state index contributed by atoms with van der Waals surface area (Å²) >= 11 is 0. The Bertz CT molecular complexity index is 1580. The number of carbonyl (C=O) groups is 3. The van der Waals surface area contributed by atoms with Crippen LogP contribution in [0, 0.1) is 0 Å². The first-order valence-electron chi connectivity index (χ1n) is 17.9. The Hall–Kier alpha value is -3.93. The van der Waals surface area contributed by atoms with Gasteiger partial charge in [0.05, 0.1) is 26.4 Å². The number of Topliss-reactive ketones (excluding diaryl/α,β-unsaturated/α-hetero) is 1. The molecule has 0 bridgehead atoms. The molecule has 1 aromatic heterocycles. The van der Waals surface area contributed by atoms with Crippen LogP contribution in [0.1, 0.15) is 77.8 Å². The van der Waals surface area contributed by atoms with Gasteiger partial charge in [-0.25, -0.2) is 0 Å². The molecule has 11 heteroatoms. The van der Waals surface area contributed by atoms with E-state index in [4.69, 9.17) is 19.9 Å². The number of hydrogen-bond donors (Lipinski definition) is 2. The fourth-order valence-corrected chi connectivity index (χ4v) is 7.58. The van der Waals surface area contributed by atoms with Crippen LogP contribution in [0.3, 0.4) is 0 Å². The average Bonchev–Trinajstić information content (AvgIpc) is 3.54. The van der Waals surface area contributed by atoms with Crippen molar-refractivity contribution in [1.82, 2.24) is 19.7 Å². The largest absolute Gasteiger partial charge is 0.490 e. The second-order valence-electron chi connectivity index (χ2n) is 13.1. The predicted molar refractivity (Wildman–Crippen MR) is 190 cm³/mol. The minimum absolute atomic E-state index is 0.0661. The lowest BCUT2D eigenvalue weighted by molar-refractivity contribution is -0.153. The number of piperidine rings is 2. The number of hydrogen-bond acceptors (Lipinski definition) is 9. The third-order valence-electron chi connectivity index (χ3n) is 10.0. The monoisotopic (exact) mass is 675 g/mol. The van der Waals surface area contributed by atoms with Gasteiger partial charge in [0.1, 0.15) is 11.6 Å². The number of nitrogens with one attached hydrogen (secondary N) is 1. The second kappa shape index (κ2) is 16.2. The highest BCUT2D eigenvalue weighted by Gasteiger charge is 2.52. The van der Waals surface area contributed by atoms with Crippen molar-refractivity contribution < 1.29 is 28.6 Å². The van der Waals surface area contributed by atoms with Crippen molar-refractivity contribution in [3.63, 3.8) is 0 Å². The molecule has 11 nitrogen and oxygen atoms in total. The topological polar surface area (TPSA) is 130 Å². The number of aromatic nitrogens is 1. The number of H-pyrrole nitrogens is 1. The molecule has 0 aliphatic carbocycles. The van der Waals surface area contributed by atoms with Gasteiger partial charge in [-0.2, -0.15) is 0 Å². The SMILES string of the molecule is CCOc1cc(CN(C(C)=O)C(=O)C(N2CCC(N3CCCCC3)CC2)C(N)(C(C)=O)c2c[nH]c3ccccc23)cc(OCC)c1OCC. The van der Waals surface area contributed by atoms with Crippen molar-refractivity contribution in [3.8, 4) is 17.2 Å². The van der Waals surface area contributed by atoms with Crippen LogP contribution in [0.25, 0.3) is 10.9 Å². The molecule has 49 heavy (non-hydrogen) atoms. The van der Waals surface area contributed by atoms with E-state index < -0.39 is 23.4 Å². The van der Waals surface area contributed by atoms with Gasteiger partial charge in [0.25, 0.3) is 0 Å². The molecule has 2 fully saturated rings. The number of nitrogens with two attached hydrogens (primary N) is 1. The van der Waals surface area contributed by atoms with E-state index in [1.54, 1.807) is 18.3 Å². The van der Waals surface area contributed by atoms with Crippen LogP contribution in [0.5, 0.6) is 17.2 Å². The number of likely N-dealkylation sites (tertiary alicyclic amines) is 2. The lowest BCUT2D eigenvalue weighted by atomic mass is 9.77. The first-order chi connectivity index (χ1) is 23.6. The molecule has 0 saturated carbocycles. The van der Waals surface area contributed by atoms with Gasteiger partial charge < -0.3 is 29.8 Å². The van der Waals surface area contributed by atoms with Gasteiger partial charge in [-0.1, -0.05) is 24.6 Å². The number of aromatic amines is 1. The predicted octanol–water partition coefficient (Wildman–Crippen LogP) is 5.00. The molecule has 2 aliphatic heterocycles. The summed E-state index contributed by atoms with van der Waals surface area (Å²) < 4.78 is 17.7. The molecule has 2 atom stereocenters. The van der Waals surface area contributed by atoms with Crippen LogP contribution in [0.15, 0.2) is 42.6 Å². The molecule has 2 amide bonds. The first kappa shape index (κ1) is 36.4. The normalized spacial score (nSPS) is 18.1. The molecule has 5 rings (SSSR count). The Labute approximate surface area is 290 Å². The zero-order valence-electron chi connectivity index (χ0n) is 29.8. The van der Waals surface area contributed by atoms with Crippen LogP contribution < -0.4 is 19.9 Å². The van der Waals surface area contributed by atoms with E-state index >= 15 is 4.79 Å². The zero-order valence-corrected chi connectivity index (χ0v) is 29.8. The Morgan fingerprint density at radius 3 is 2.10 bits per heavy atom. The highest BCUT2D eigenvalue weighted by molar-refractivity contribution is 6.04. The van der Waals surface area contributed by atoms with Gasteiger partial charge in [-0.15, -0.1) is 0 Å². The number of carbonyl (C=O) groups excluding carboxylic acids is 3. The molecule has 3 heterocycles. The van der Waals surface area contributed by atoms with Crippen molar-refractivity contribution in [1.29, 1.82) is 0 Å². The van der Waals surface area contributed by atoms with Crippen LogP contribution in [-0.2, 0) is 26.5 Å². The van der Waals surface area contributed by atoms with Gasteiger partial charge in [-0.3, -0.25) is 24.2 Å². The molecule has 0 radical (unpaired) electrons. The van der Waals surface area contributed by atoms with Gasteiger partial charge in [0, 0.05) is 48.7 Å². The molecule has 266 valence electrons. The third kappa shape index (κ3) is 7.64. The first-order valence-corrected chi connectivity index (χ1v) is 17.9. The number of ether oxygens (including phenoxy) is 3. The van der Waals surface area contributed by atoms with Crippen molar-refractivity contribution in [3.05, 3.63) is 53.7 Å². The van der Waals surface area contributed by atoms with Gasteiger partial charge in [0.15, 0.2) is 17.3 Å². The average molecular weight is 676 g/mol. The summed E-state index contributed by atoms with van der Waals surface area (Å²) in [6, 6.07) is 10.5. The van der Waals surface area contributed by atoms with E-state index in [1.165, 1.54) is 38.0 Å². The highest BCUT2D eigenvalue weighted by atomic mass is 16.5. The van der Waals surface area contributed by atoms with Crippen LogP contribution in [-0.4, -0.2) is 95.4 Å². The number of para-hydroxylation sites is 1. The maximum Gasteiger partial charge on any atom is 0.249 e. The third-order valence-corrected chi connectivity index (χ3v) is 10.0. The Morgan fingerprint density at radius 2 is 1.53 bits per heavy atom. The molecule has 3 aromatic rings. The lowest BCUT2D eigenvalue weighted by Gasteiger charge is -2.47. The van der Waals surface area contributed by atoms with Crippen molar-refractivity contribution in [2.45, 2.75) is 90.9 Å². The molecular formula is C38H53N5O6. The van der Waals surface area contributed by atoms with E-state index in [2.05, 4.69) is 9.88 Å². The fourth-order valence-electron chi connectivity index (χ4n) is 7.58. The Morgan fingerprint density at radius 1 is 0.918 bits per heavy atom. The summed E-state index contributed by atoms with van der Waals surface area (Å²) in [6.45, 7) is 12.9. The maximum atomic E-state index is 15.1. The van der Waals surface area contributed by atoms with Gasteiger partial charge in [-0.05, 0) is 90.2 Å². The Kier molecular flexibility index (Phi) is 12.0. The number of fused-ring (bicyclic) bond motifs is 1. The summed E-state index contributed by atoms with van der Waals surface area (Å²) in [5, 5.41) is 0.768. The van der Waals surface area contributed by atoms with Crippen LogP contribution >= 0.6 is 0 Å². The number of benzene rings is 2. The minimum atomic E-state index is -1.74. The minimum Gasteiger partial charge on any atom is -0.490 e. The maximum absolute atomic E-state index is 15.1. The van der Waals surface area contributed by atoms with Crippen molar-refractivity contribution in [2.75, 3.05) is 46.0 Å². The quantitative estimate of drug-likeness (QED) is 0.243. The summed E-state index contributed by atoms with van der Waals surface area (Å²) in [5.74, 6) is 0.0868. The smallest absolute Gasteiger partial charge is 0.249 e. The van der Waals surface area contributed by atoms with E-state index in [0.717, 1.165) is 36.8 Å². The molecule has 2 aliphatic rings. The zero-order chi connectivity index (χ0) is 35.1. The summed E-state index contributed by atoms with van der Waals surface area (Å²) in [5.41, 5.74) is 7.53. The standard InChI is InChI=1S/C38H53N5O6/c1-6-47-33-22-28(23-34(48-7-2)35(33)49-8-3)25-43(27(5)45)37(46)36(42-20-16-29(17-21-42)41-18-12-9-13-19-41)38(39,26(4)44)31-24-40-32-15-11-10-14-30(31)32/h10-11,14-15,22-24,29,36,40H,6-9,12-13,16-21,25,39H2,1-5H3. The number of rotatable bonds is 14. The van der Waals surface area contributed by atoms with E-state index in [0.29, 0.717) is 67.3 Å². The summed E-state index contributed by atoms with van der Waals surface area (Å²) in [4.78, 5) is 51.5. The molecule has 2 aromatic carbocycles. The number of amides is 2.